The van der Waals surface area contributed by atoms with E-state index in [0.717, 1.165) is 24.0 Å². The highest BCUT2D eigenvalue weighted by molar-refractivity contribution is 7.33. The summed E-state index contributed by atoms with van der Waals surface area (Å²) >= 11 is 12.1. The Morgan fingerprint density at radius 1 is 1.20 bits per heavy atom. The van der Waals surface area contributed by atoms with E-state index in [1.54, 1.807) is 7.11 Å². The van der Waals surface area contributed by atoms with Gasteiger partial charge >= 0.3 is 0 Å². The molecule has 1 aromatic rings. The predicted octanol–water partition coefficient (Wildman–Crippen LogP) is 5.10. The SMILES string of the molecule is CCC(C[SiH](Cl)Cl)c1ccc(O[Si](C)(C)C)c(OC)c1. The minimum absolute atomic E-state index is 0.400. The standard InChI is InChI=1S/C14H24Cl2O2Si2/c1-6-11(10-19(15)16)12-7-8-13(14(9-12)17-2)18-20(3,4)5/h7-9,11,19H,6,10H2,1-5H3. The Labute approximate surface area is 134 Å². The molecule has 2 nitrogen and oxygen atoms in total. The lowest BCUT2D eigenvalue weighted by Crippen LogP contribution is -2.29. The second kappa shape index (κ2) is 7.73. The summed E-state index contributed by atoms with van der Waals surface area (Å²) in [7, 11) is -1.57. The molecule has 0 aliphatic heterocycles. The van der Waals surface area contributed by atoms with Crippen molar-refractivity contribution < 1.29 is 9.16 Å². The zero-order chi connectivity index (χ0) is 15.3. The van der Waals surface area contributed by atoms with Crippen molar-refractivity contribution in [3.05, 3.63) is 23.8 Å². The van der Waals surface area contributed by atoms with E-state index in [0.29, 0.717) is 5.92 Å². The molecule has 0 saturated heterocycles. The van der Waals surface area contributed by atoms with E-state index in [1.165, 1.54) is 5.56 Å². The van der Waals surface area contributed by atoms with Gasteiger partial charge < -0.3 is 9.16 Å². The molecule has 0 heterocycles. The van der Waals surface area contributed by atoms with Crippen LogP contribution in [0.3, 0.4) is 0 Å². The highest BCUT2D eigenvalue weighted by Crippen LogP contribution is 2.35. The molecular formula is C14H24Cl2O2Si2. The lowest BCUT2D eigenvalue weighted by molar-refractivity contribution is 0.391. The van der Waals surface area contributed by atoms with Crippen LogP contribution in [0.15, 0.2) is 18.2 Å². The monoisotopic (exact) mass is 350 g/mol. The van der Waals surface area contributed by atoms with E-state index in [2.05, 4.69) is 38.7 Å². The summed E-state index contributed by atoms with van der Waals surface area (Å²) in [5.41, 5.74) is 1.23. The third kappa shape index (κ3) is 5.68. The van der Waals surface area contributed by atoms with Crippen molar-refractivity contribution in [2.75, 3.05) is 7.11 Å². The van der Waals surface area contributed by atoms with Crippen LogP contribution in [0.5, 0.6) is 11.5 Å². The molecule has 0 radical (unpaired) electrons. The molecule has 1 rings (SSSR count). The van der Waals surface area contributed by atoms with Crippen LogP contribution in [0, 0.1) is 0 Å². The first-order valence-electron chi connectivity index (χ1n) is 6.92. The molecule has 0 bridgehead atoms. The van der Waals surface area contributed by atoms with Gasteiger partial charge in [-0.2, -0.15) is 22.2 Å². The Balaban J connectivity index is 3.01. The molecular weight excluding hydrogens is 327 g/mol. The molecule has 0 N–H and O–H groups in total. The molecule has 0 amide bonds. The lowest BCUT2D eigenvalue weighted by Gasteiger charge is -2.23. The van der Waals surface area contributed by atoms with E-state index in [1.807, 2.05) is 6.07 Å². The van der Waals surface area contributed by atoms with E-state index >= 15 is 0 Å². The quantitative estimate of drug-likeness (QED) is 0.503. The smallest absolute Gasteiger partial charge is 0.242 e. The van der Waals surface area contributed by atoms with Crippen molar-refractivity contribution in [3.63, 3.8) is 0 Å². The van der Waals surface area contributed by atoms with Crippen LogP contribution in [0.25, 0.3) is 0 Å². The van der Waals surface area contributed by atoms with Crippen LogP contribution in [-0.4, -0.2) is 22.8 Å². The van der Waals surface area contributed by atoms with Crippen molar-refractivity contribution >= 4 is 37.9 Å². The molecule has 6 heteroatoms. The average molecular weight is 351 g/mol. The van der Waals surface area contributed by atoms with Crippen LogP contribution < -0.4 is 9.16 Å². The highest BCUT2D eigenvalue weighted by Gasteiger charge is 2.21. The average Bonchev–Trinajstić information content (AvgIpc) is 2.34. The molecule has 0 saturated carbocycles. The Hall–Kier alpha value is -0.166. The van der Waals surface area contributed by atoms with Crippen LogP contribution in [0.4, 0.5) is 0 Å². The van der Waals surface area contributed by atoms with Crippen molar-refractivity contribution in [1.82, 2.24) is 0 Å². The van der Waals surface area contributed by atoms with Crippen LogP contribution >= 0.6 is 22.2 Å². The summed E-state index contributed by atoms with van der Waals surface area (Å²) in [6.07, 6.45) is 1.03. The minimum Gasteiger partial charge on any atom is -0.542 e. The molecule has 1 atom stereocenters. The van der Waals surface area contributed by atoms with Gasteiger partial charge in [0.05, 0.1) is 7.11 Å². The number of hydrogen-bond acceptors (Lipinski definition) is 2. The third-order valence-corrected chi connectivity index (χ3v) is 5.86. The maximum atomic E-state index is 6.05. The maximum Gasteiger partial charge on any atom is 0.242 e. The highest BCUT2D eigenvalue weighted by atomic mass is 35.7. The maximum absolute atomic E-state index is 6.05. The Morgan fingerprint density at radius 3 is 2.30 bits per heavy atom. The van der Waals surface area contributed by atoms with E-state index < -0.39 is 15.7 Å². The topological polar surface area (TPSA) is 18.5 Å². The van der Waals surface area contributed by atoms with Gasteiger partial charge in [0.2, 0.25) is 15.7 Å². The molecule has 0 aliphatic rings. The number of methoxy groups -OCH3 is 1. The van der Waals surface area contributed by atoms with Crippen molar-refractivity contribution in [3.8, 4) is 11.5 Å². The van der Waals surface area contributed by atoms with Crippen molar-refractivity contribution in [1.29, 1.82) is 0 Å². The Morgan fingerprint density at radius 2 is 1.85 bits per heavy atom. The Kier molecular flexibility index (Phi) is 6.91. The van der Waals surface area contributed by atoms with Crippen LogP contribution in [-0.2, 0) is 0 Å². The molecule has 0 spiro atoms. The summed E-state index contributed by atoms with van der Waals surface area (Å²) in [5.74, 6) is 2.03. The zero-order valence-electron chi connectivity index (χ0n) is 12.9. The predicted molar refractivity (Wildman–Crippen MR) is 93.7 cm³/mol. The van der Waals surface area contributed by atoms with Gasteiger partial charge in [-0.15, -0.1) is 0 Å². The Bertz CT molecular complexity index is 434. The van der Waals surface area contributed by atoms with Crippen molar-refractivity contribution in [2.24, 2.45) is 0 Å². The first-order chi connectivity index (χ1) is 9.26. The van der Waals surface area contributed by atoms with Gasteiger partial charge in [-0.1, -0.05) is 13.0 Å². The second-order valence-corrected chi connectivity index (χ2v) is 15.4. The lowest BCUT2D eigenvalue weighted by atomic mass is 9.98. The molecule has 0 aromatic heterocycles. The summed E-state index contributed by atoms with van der Waals surface area (Å²) in [6, 6.07) is 7.07. The van der Waals surface area contributed by atoms with Gasteiger partial charge in [-0.3, -0.25) is 0 Å². The normalized spacial score (nSPS) is 13.4. The van der Waals surface area contributed by atoms with E-state index in [4.69, 9.17) is 31.3 Å². The number of ether oxygens (including phenoxy) is 1. The summed E-state index contributed by atoms with van der Waals surface area (Å²) < 4.78 is 11.5. The summed E-state index contributed by atoms with van der Waals surface area (Å²) in [6.45, 7) is 8.64. The number of rotatable bonds is 7. The van der Waals surface area contributed by atoms with Crippen LogP contribution in [0.1, 0.15) is 24.8 Å². The number of hydrogen-bond donors (Lipinski definition) is 0. The van der Waals surface area contributed by atoms with Gasteiger partial charge in [-0.25, -0.2) is 0 Å². The van der Waals surface area contributed by atoms with E-state index in [-0.39, 0.29) is 0 Å². The first-order valence-corrected chi connectivity index (χ1v) is 14.6. The van der Waals surface area contributed by atoms with Crippen molar-refractivity contribution in [2.45, 2.75) is 44.9 Å². The number of benzene rings is 1. The molecule has 0 aliphatic carbocycles. The summed E-state index contributed by atoms with van der Waals surface area (Å²) in [4.78, 5) is 0. The minimum atomic E-state index is -1.64. The van der Waals surface area contributed by atoms with Gasteiger partial charge in [0, 0.05) is 0 Å². The van der Waals surface area contributed by atoms with Gasteiger partial charge in [0.25, 0.3) is 0 Å². The molecule has 1 aromatic carbocycles. The van der Waals surface area contributed by atoms with Gasteiger partial charge in [0.15, 0.2) is 5.75 Å². The number of halogens is 2. The van der Waals surface area contributed by atoms with Crippen LogP contribution in [0.2, 0.25) is 25.7 Å². The van der Waals surface area contributed by atoms with Gasteiger partial charge in [-0.05, 0) is 55.7 Å². The third-order valence-electron chi connectivity index (χ3n) is 3.03. The molecule has 20 heavy (non-hydrogen) atoms. The fourth-order valence-electron chi connectivity index (χ4n) is 2.11. The fourth-order valence-corrected chi connectivity index (χ4v) is 5.26. The molecule has 114 valence electrons. The van der Waals surface area contributed by atoms with E-state index in [9.17, 15) is 0 Å². The first kappa shape index (κ1) is 17.9. The second-order valence-electron chi connectivity index (χ2n) is 5.86. The molecule has 0 fully saturated rings. The largest absolute Gasteiger partial charge is 0.542 e. The summed E-state index contributed by atoms with van der Waals surface area (Å²) in [5, 5.41) is 0. The fraction of sp³-hybridized carbons (Fsp3) is 0.571. The zero-order valence-corrected chi connectivity index (χ0v) is 16.5. The molecule has 1 unspecified atom stereocenters. The van der Waals surface area contributed by atoms with Gasteiger partial charge in [0.1, 0.15) is 5.75 Å².